The summed E-state index contributed by atoms with van der Waals surface area (Å²) in [4.78, 5) is 29.4. The summed E-state index contributed by atoms with van der Waals surface area (Å²) < 4.78 is 10.6. The number of Topliss-reactive ketones (excluding diaryl/α,β-unsaturated/α-hetero) is 1. The van der Waals surface area contributed by atoms with Crippen LogP contribution in [0, 0.1) is 0 Å². The number of carbonyl (C=O) groups excluding carboxylic acids is 2. The molecule has 4 heterocycles. The van der Waals surface area contributed by atoms with Gasteiger partial charge in [0.2, 0.25) is 11.7 Å². The quantitative estimate of drug-likeness (QED) is 0.660. The highest BCUT2D eigenvalue weighted by atomic mass is 32.1. The number of morpholine rings is 1. The molecule has 1 atom stereocenters. The van der Waals surface area contributed by atoms with Gasteiger partial charge < -0.3 is 24.1 Å². The number of quaternary nitrogens is 1. The second-order valence-corrected chi connectivity index (χ2v) is 7.91. The summed E-state index contributed by atoms with van der Waals surface area (Å²) in [5, 5.41) is 14.6. The maximum Gasteiger partial charge on any atom is 0.240 e. The first-order valence-corrected chi connectivity index (χ1v) is 10.3. The van der Waals surface area contributed by atoms with Crippen molar-refractivity contribution < 1.29 is 28.7 Å². The molecule has 1 unspecified atom stereocenters. The predicted molar refractivity (Wildman–Crippen MR) is 99.8 cm³/mol. The van der Waals surface area contributed by atoms with Crippen molar-refractivity contribution in [3.05, 3.63) is 57.9 Å². The molecular weight excluding hydrogens is 380 g/mol. The largest absolute Gasteiger partial charge is 0.868 e. The van der Waals surface area contributed by atoms with Gasteiger partial charge in [0, 0.05) is 23.4 Å². The van der Waals surface area contributed by atoms with Gasteiger partial charge in [0.25, 0.3) is 0 Å². The number of carbonyl (C=O) groups is 2. The molecule has 2 aliphatic heterocycles. The fourth-order valence-corrected chi connectivity index (χ4v) is 4.64. The van der Waals surface area contributed by atoms with Crippen molar-refractivity contribution in [2.24, 2.45) is 0 Å². The molecule has 0 radical (unpaired) electrons. The number of furan rings is 1. The topological polar surface area (TPSA) is 87.2 Å². The molecule has 148 valence electrons. The first-order valence-electron chi connectivity index (χ1n) is 9.42. The molecule has 0 saturated carbocycles. The summed E-state index contributed by atoms with van der Waals surface area (Å²) in [5.41, 5.74) is -0.0129. The third-order valence-electron chi connectivity index (χ3n) is 5.22. The minimum Gasteiger partial charge on any atom is -0.868 e. The molecule has 0 bridgehead atoms. The highest BCUT2D eigenvalue weighted by Gasteiger charge is 2.40. The molecule has 2 aromatic rings. The Balaban J connectivity index is 1.54. The zero-order chi connectivity index (χ0) is 19.5. The van der Waals surface area contributed by atoms with Crippen molar-refractivity contribution in [2.75, 3.05) is 39.4 Å². The number of hydrogen-bond donors (Lipinski definition) is 1. The van der Waals surface area contributed by atoms with Gasteiger partial charge in [-0.3, -0.25) is 9.59 Å². The van der Waals surface area contributed by atoms with Gasteiger partial charge >= 0.3 is 0 Å². The molecule has 1 saturated heterocycles. The first kappa shape index (κ1) is 18.9. The van der Waals surface area contributed by atoms with E-state index in [-0.39, 0.29) is 11.3 Å². The Morgan fingerprint density at radius 3 is 2.79 bits per heavy atom. The lowest BCUT2D eigenvalue weighted by molar-refractivity contribution is -0.908. The van der Waals surface area contributed by atoms with Crippen LogP contribution in [0.5, 0.6) is 0 Å². The molecule has 1 fully saturated rings. The molecule has 0 aromatic carbocycles. The summed E-state index contributed by atoms with van der Waals surface area (Å²) in [5.74, 6) is -1.76. The number of rotatable bonds is 7. The molecule has 0 spiro atoms. The van der Waals surface area contributed by atoms with Crippen LogP contribution in [0.1, 0.15) is 27.9 Å². The molecule has 1 amide bonds. The van der Waals surface area contributed by atoms with E-state index in [1.54, 1.807) is 11.0 Å². The minimum absolute atomic E-state index is 0.0129. The van der Waals surface area contributed by atoms with E-state index >= 15 is 0 Å². The Kier molecular flexibility index (Phi) is 5.61. The fourth-order valence-electron chi connectivity index (χ4n) is 3.79. The second-order valence-electron chi connectivity index (χ2n) is 6.93. The molecule has 2 aliphatic rings. The van der Waals surface area contributed by atoms with Crippen LogP contribution in [0.15, 0.2) is 51.7 Å². The number of amides is 1. The number of nitrogens with one attached hydrogen (secondary N) is 1. The van der Waals surface area contributed by atoms with Crippen LogP contribution >= 0.6 is 11.3 Å². The van der Waals surface area contributed by atoms with Crippen molar-refractivity contribution >= 4 is 23.0 Å². The van der Waals surface area contributed by atoms with Crippen LogP contribution in [0.4, 0.5) is 0 Å². The average Bonchev–Trinajstić information content (AvgIpc) is 3.46. The van der Waals surface area contributed by atoms with Gasteiger partial charge in [-0.2, -0.15) is 0 Å². The molecular formula is C20H22N2O5S. The van der Waals surface area contributed by atoms with Crippen LogP contribution in [-0.2, 0) is 9.53 Å². The molecule has 28 heavy (non-hydrogen) atoms. The molecule has 8 heteroatoms. The number of thiophene rings is 1. The van der Waals surface area contributed by atoms with Gasteiger partial charge in [-0.1, -0.05) is 6.07 Å². The number of ketones is 1. The van der Waals surface area contributed by atoms with E-state index < -0.39 is 23.5 Å². The molecule has 2 aromatic heterocycles. The molecule has 0 aliphatic carbocycles. The molecule has 1 N–H and O–H groups in total. The van der Waals surface area contributed by atoms with E-state index in [1.807, 2.05) is 17.5 Å². The van der Waals surface area contributed by atoms with E-state index in [4.69, 9.17) is 9.15 Å². The van der Waals surface area contributed by atoms with Gasteiger partial charge in [-0.15, -0.1) is 11.3 Å². The number of hydrogen-bond acceptors (Lipinski definition) is 6. The Labute approximate surface area is 166 Å². The normalized spacial score (nSPS) is 20.9. The van der Waals surface area contributed by atoms with E-state index in [9.17, 15) is 14.7 Å². The first-order chi connectivity index (χ1) is 13.7. The molecule has 7 nitrogen and oxygen atoms in total. The maximum atomic E-state index is 12.9. The van der Waals surface area contributed by atoms with Crippen molar-refractivity contribution in [3.8, 4) is 0 Å². The average molecular weight is 402 g/mol. The fraction of sp³-hybridized carbons (Fsp3) is 0.400. The summed E-state index contributed by atoms with van der Waals surface area (Å²) >= 11 is 1.44. The predicted octanol–water partition coefficient (Wildman–Crippen LogP) is 0.0269. The maximum absolute atomic E-state index is 12.9. The standard InChI is InChI=1S/C20H22N2O5S/c23-18(14-4-1-10-27-14)16-17(15-5-2-13-28-15)22(20(25)19(16)24)7-3-6-21-8-11-26-12-9-21/h1-2,4-5,10,13,17,24H,3,6-9,11-12H2. The lowest BCUT2D eigenvalue weighted by Gasteiger charge is -2.28. The van der Waals surface area contributed by atoms with E-state index in [0.29, 0.717) is 6.54 Å². The van der Waals surface area contributed by atoms with Crippen LogP contribution in [0.2, 0.25) is 0 Å². The van der Waals surface area contributed by atoms with Crippen LogP contribution in [-0.4, -0.2) is 56.0 Å². The van der Waals surface area contributed by atoms with Crippen molar-refractivity contribution in [3.63, 3.8) is 0 Å². The minimum atomic E-state index is -0.724. The Bertz CT molecular complexity index is 853. The Morgan fingerprint density at radius 1 is 1.29 bits per heavy atom. The van der Waals surface area contributed by atoms with E-state index in [0.717, 1.165) is 44.1 Å². The van der Waals surface area contributed by atoms with Crippen LogP contribution < -0.4 is 10.0 Å². The van der Waals surface area contributed by atoms with Gasteiger partial charge in [0.05, 0.1) is 32.1 Å². The zero-order valence-electron chi connectivity index (χ0n) is 15.4. The zero-order valence-corrected chi connectivity index (χ0v) is 16.2. The highest BCUT2D eigenvalue weighted by molar-refractivity contribution is 7.10. The van der Waals surface area contributed by atoms with Gasteiger partial charge in [-0.25, -0.2) is 0 Å². The van der Waals surface area contributed by atoms with Crippen LogP contribution in [0.25, 0.3) is 0 Å². The summed E-state index contributed by atoms with van der Waals surface area (Å²) in [6.07, 6.45) is 2.15. The molecule has 4 rings (SSSR count). The summed E-state index contributed by atoms with van der Waals surface area (Å²) in [7, 11) is 0. The third kappa shape index (κ3) is 3.63. The van der Waals surface area contributed by atoms with Gasteiger partial charge in [-0.05, 0) is 29.3 Å². The Morgan fingerprint density at radius 2 is 2.11 bits per heavy atom. The monoisotopic (exact) mass is 402 g/mol. The van der Waals surface area contributed by atoms with Gasteiger partial charge in [0.1, 0.15) is 13.1 Å². The van der Waals surface area contributed by atoms with E-state index in [1.165, 1.54) is 28.6 Å². The smallest absolute Gasteiger partial charge is 0.240 e. The van der Waals surface area contributed by atoms with Gasteiger partial charge in [0.15, 0.2) is 5.76 Å². The lowest BCUT2D eigenvalue weighted by atomic mass is 10.0. The lowest BCUT2D eigenvalue weighted by Crippen LogP contribution is -3.14. The number of nitrogens with zero attached hydrogens (tertiary/aromatic N) is 1. The number of ether oxygens (including phenoxy) is 1. The highest BCUT2D eigenvalue weighted by Crippen LogP contribution is 2.39. The second kappa shape index (κ2) is 8.30. The van der Waals surface area contributed by atoms with Crippen molar-refractivity contribution in [1.29, 1.82) is 0 Å². The third-order valence-corrected chi connectivity index (χ3v) is 6.14. The SMILES string of the molecule is O=C(C1=C([O-])C(=O)N(CCC[NH+]2CCOCC2)C1c1cccs1)c1ccco1. The van der Waals surface area contributed by atoms with Crippen LogP contribution in [0.3, 0.4) is 0 Å². The Hall–Kier alpha value is -2.42. The van der Waals surface area contributed by atoms with Crippen molar-refractivity contribution in [1.82, 2.24) is 4.90 Å². The van der Waals surface area contributed by atoms with Crippen molar-refractivity contribution in [2.45, 2.75) is 12.5 Å². The summed E-state index contributed by atoms with van der Waals surface area (Å²) in [6, 6.07) is 6.19. The van der Waals surface area contributed by atoms with E-state index in [2.05, 4.69) is 0 Å². The summed E-state index contributed by atoms with van der Waals surface area (Å²) in [6.45, 7) is 4.76.